The number of hydrogen-bond donors (Lipinski definition) is 2. The van der Waals surface area contributed by atoms with Gasteiger partial charge in [-0.05, 0) is 12.1 Å². The minimum absolute atomic E-state index is 0.0808. The van der Waals surface area contributed by atoms with E-state index in [1.165, 1.54) is 0 Å². The largest absolute Gasteiger partial charge is 0.370 e. The van der Waals surface area contributed by atoms with Gasteiger partial charge in [0.1, 0.15) is 18.1 Å². The zero-order valence-electron chi connectivity index (χ0n) is 9.39. The number of nitrogens with two attached hydrogens (primary N) is 1. The van der Waals surface area contributed by atoms with Gasteiger partial charge in [-0.2, -0.15) is 0 Å². The maximum Gasteiger partial charge on any atom is 0.295 e. The quantitative estimate of drug-likeness (QED) is 0.442. The van der Waals surface area contributed by atoms with Gasteiger partial charge in [-0.15, -0.1) is 0 Å². The number of nitro benzene ring substituents is 1. The molecule has 0 spiro atoms. The second-order valence-electron chi connectivity index (χ2n) is 3.31. The summed E-state index contributed by atoms with van der Waals surface area (Å²) in [5.74, 6) is -1.32. The molecular weight excluding hydrogens is 245 g/mol. The van der Waals surface area contributed by atoms with Crippen LogP contribution in [-0.2, 0) is 9.53 Å². The Morgan fingerprint density at radius 3 is 2.89 bits per heavy atom. The molecular formula is C10H12FN3O4. The van der Waals surface area contributed by atoms with Gasteiger partial charge in [-0.3, -0.25) is 14.9 Å². The van der Waals surface area contributed by atoms with E-state index in [4.69, 9.17) is 10.5 Å². The molecule has 0 aromatic heterocycles. The Kier molecular flexibility index (Phi) is 5.15. The molecule has 0 heterocycles. The van der Waals surface area contributed by atoms with Gasteiger partial charge in [0, 0.05) is 6.54 Å². The Morgan fingerprint density at radius 1 is 1.56 bits per heavy atom. The molecule has 1 aromatic rings. The van der Waals surface area contributed by atoms with Crippen LogP contribution in [0.2, 0.25) is 0 Å². The van der Waals surface area contributed by atoms with Crippen molar-refractivity contribution in [3.63, 3.8) is 0 Å². The van der Waals surface area contributed by atoms with E-state index in [9.17, 15) is 19.3 Å². The summed E-state index contributed by atoms with van der Waals surface area (Å²) in [5.41, 5.74) is 4.57. The van der Waals surface area contributed by atoms with Crippen molar-refractivity contribution < 1.29 is 18.8 Å². The molecule has 0 fully saturated rings. The number of rotatable bonds is 6. The third-order valence-electron chi connectivity index (χ3n) is 1.93. The van der Waals surface area contributed by atoms with Gasteiger partial charge in [-0.1, -0.05) is 0 Å². The summed E-state index contributed by atoms with van der Waals surface area (Å²) in [6.07, 6.45) is 0. The van der Waals surface area contributed by atoms with Crippen molar-refractivity contribution in [2.75, 3.05) is 25.1 Å². The highest BCUT2D eigenvalue weighted by molar-refractivity contribution is 5.93. The minimum Gasteiger partial charge on any atom is -0.370 e. The predicted octanol–water partition coefficient (Wildman–Crippen LogP) is 0.648. The highest BCUT2D eigenvalue weighted by atomic mass is 19.1. The second kappa shape index (κ2) is 6.62. The lowest BCUT2D eigenvalue weighted by Crippen LogP contribution is -2.21. The van der Waals surface area contributed by atoms with Crippen LogP contribution < -0.4 is 11.1 Å². The molecule has 0 saturated carbocycles. The summed E-state index contributed by atoms with van der Waals surface area (Å²) in [6, 6.07) is 2.87. The number of ether oxygens (including phenoxy) is 1. The summed E-state index contributed by atoms with van der Waals surface area (Å²) in [5, 5.41) is 12.9. The Balaban J connectivity index is 2.72. The Hall–Kier alpha value is -2.06. The zero-order valence-corrected chi connectivity index (χ0v) is 9.39. The van der Waals surface area contributed by atoms with E-state index in [0.717, 1.165) is 18.2 Å². The first-order valence-electron chi connectivity index (χ1n) is 5.06. The molecule has 1 aromatic carbocycles. The number of benzene rings is 1. The maximum atomic E-state index is 12.8. The Morgan fingerprint density at radius 2 is 2.28 bits per heavy atom. The van der Waals surface area contributed by atoms with Crippen molar-refractivity contribution in [3.05, 3.63) is 34.1 Å². The van der Waals surface area contributed by atoms with Gasteiger partial charge in [0.2, 0.25) is 0 Å². The van der Waals surface area contributed by atoms with E-state index in [2.05, 4.69) is 5.32 Å². The molecule has 0 saturated heterocycles. The highest BCUT2D eigenvalue weighted by Crippen LogP contribution is 2.24. The topological polar surface area (TPSA) is 107 Å². The number of hydrogen-bond acceptors (Lipinski definition) is 5. The molecule has 0 aliphatic rings. The fourth-order valence-electron chi connectivity index (χ4n) is 1.20. The smallest absolute Gasteiger partial charge is 0.295 e. The van der Waals surface area contributed by atoms with Gasteiger partial charge in [0.15, 0.2) is 0 Å². The van der Waals surface area contributed by atoms with Crippen LogP contribution in [0, 0.1) is 15.9 Å². The summed E-state index contributed by atoms with van der Waals surface area (Å²) in [4.78, 5) is 21.2. The number of halogens is 1. The number of anilines is 1. The van der Waals surface area contributed by atoms with Crippen LogP contribution in [0.3, 0.4) is 0 Å². The lowest BCUT2D eigenvalue weighted by atomic mass is 10.2. The number of nitrogens with one attached hydrogen (secondary N) is 1. The summed E-state index contributed by atoms with van der Waals surface area (Å²) < 4.78 is 17.7. The number of amides is 1. The van der Waals surface area contributed by atoms with Crippen LogP contribution in [0.15, 0.2) is 18.2 Å². The van der Waals surface area contributed by atoms with Crippen molar-refractivity contribution in [2.24, 2.45) is 5.73 Å². The lowest BCUT2D eigenvalue weighted by molar-refractivity contribution is -0.384. The van der Waals surface area contributed by atoms with E-state index < -0.39 is 22.3 Å². The van der Waals surface area contributed by atoms with Crippen molar-refractivity contribution in [2.45, 2.75) is 0 Å². The van der Waals surface area contributed by atoms with Gasteiger partial charge in [0.25, 0.3) is 11.6 Å². The summed E-state index contributed by atoms with van der Waals surface area (Å²) in [6.45, 7) is 0.203. The number of carbonyl (C=O) groups is 1. The van der Waals surface area contributed by atoms with Crippen molar-refractivity contribution in [1.29, 1.82) is 0 Å². The molecule has 1 rings (SSSR count). The number of nitrogens with zero attached hydrogens (tertiary/aromatic N) is 1. The van der Waals surface area contributed by atoms with E-state index in [0.29, 0.717) is 0 Å². The summed E-state index contributed by atoms with van der Waals surface area (Å²) in [7, 11) is 0. The first kappa shape index (κ1) is 14.0. The van der Waals surface area contributed by atoms with Crippen molar-refractivity contribution in [3.8, 4) is 0 Å². The van der Waals surface area contributed by atoms with E-state index in [-0.39, 0.29) is 25.4 Å². The standard InChI is InChI=1S/C10H12FN3O4/c11-7-1-2-8(9(5-7)14(16)17)13-10(15)6-18-4-3-12/h1-2,5H,3-4,6,12H2,(H,13,15). The van der Waals surface area contributed by atoms with E-state index >= 15 is 0 Å². The third-order valence-corrected chi connectivity index (χ3v) is 1.93. The molecule has 0 aliphatic heterocycles. The Labute approximate surface area is 102 Å². The first-order chi connectivity index (χ1) is 8.54. The predicted molar refractivity (Wildman–Crippen MR) is 61.6 cm³/mol. The molecule has 7 nitrogen and oxygen atoms in total. The van der Waals surface area contributed by atoms with Crippen molar-refractivity contribution in [1.82, 2.24) is 0 Å². The normalized spacial score (nSPS) is 10.1. The maximum absolute atomic E-state index is 12.8. The molecule has 18 heavy (non-hydrogen) atoms. The highest BCUT2D eigenvalue weighted by Gasteiger charge is 2.16. The van der Waals surface area contributed by atoms with Crippen LogP contribution in [0.5, 0.6) is 0 Å². The fraction of sp³-hybridized carbons (Fsp3) is 0.300. The van der Waals surface area contributed by atoms with Gasteiger partial charge in [-0.25, -0.2) is 4.39 Å². The molecule has 0 aliphatic carbocycles. The van der Waals surface area contributed by atoms with Gasteiger partial charge >= 0.3 is 0 Å². The average molecular weight is 257 g/mol. The SMILES string of the molecule is NCCOCC(=O)Nc1ccc(F)cc1[N+](=O)[O-]. The van der Waals surface area contributed by atoms with Crippen LogP contribution >= 0.6 is 0 Å². The van der Waals surface area contributed by atoms with Crippen LogP contribution in [0.25, 0.3) is 0 Å². The van der Waals surface area contributed by atoms with Gasteiger partial charge in [0.05, 0.1) is 17.6 Å². The second-order valence-corrected chi connectivity index (χ2v) is 3.31. The molecule has 0 bridgehead atoms. The van der Waals surface area contributed by atoms with Crippen LogP contribution in [0.1, 0.15) is 0 Å². The van der Waals surface area contributed by atoms with E-state index in [1.807, 2.05) is 0 Å². The lowest BCUT2D eigenvalue weighted by Gasteiger charge is -2.06. The average Bonchev–Trinajstić information content (AvgIpc) is 2.31. The zero-order chi connectivity index (χ0) is 13.5. The molecule has 0 radical (unpaired) electrons. The first-order valence-corrected chi connectivity index (χ1v) is 5.06. The summed E-state index contributed by atoms with van der Waals surface area (Å²) >= 11 is 0. The van der Waals surface area contributed by atoms with Crippen molar-refractivity contribution >= 4 is 17.3 Å². The van der Waals surface area contributed by atoms with Gasteiger partial charge < -0.3 is 15.8 Å². The fourth-order valence-corrected chi connectivity index (χ4v) is 1.20. The Bertz CT molecular complexity index is 453. The number of nitro groups is 1. The monoisotopic (exact) mass is 257 g/mol. The molecule has 1 amide bonds. The van der Waals surface area contributed by atoms with Crippen LogP contribution in [0.4, 0.5) is 15.8 Å². The molecule has 0 unspecified atom stereocenters. The molecule has 98 valence electrons. The van der Waals surface area contributed by atoms with E-state index in [1.54, 1.807) is 0 Å². The number of carbonyl (C=O) groups excluding carboxylic acids is 1. The molecule has 8 heteroatoms. The third kappa shape index (κ3) is 4.07. The minimum atomic E-state index is -0.778. The molecule has 0 atom stereocenters. The molecule has 3 N–H and O–H groups in total. The van der Waals surface area contributed by atoms with Crippen LogP contribution in [-0.4, -0.2) is 30.6 Å².